The predicted molar refractivity (Wildman–Crippen MR) is 97.1 cm³/mol. The topological polar surface area (TPSA) is 89.9 Å². The zero-order valence-corrected chi connectivity index (χ0v) is 16.7. The highest BCUT2D eigenvalue weighted by molar-refractivity contribution is 5.82. The molecule has 0 aliphatic rings. The predicted octanol–water partition coefficient (Wildman–Crippen LogP) is 3.84. The summed E-state index contributed by atoms with van der Waals surface area (Å²) in [4.78, 5) is 36.1. The second kappa shape index (κ2) is 10.2. The van der Waals surface area contributed by atoms with Gasteiger partial charge < -0.3 is 14.6 Å². The zero-order valence-electron chi connectivity index (χ0n) is 16.7. The molecule has 6 heteroatoms. The number of carbonyl (C=O) groups excluding carboxylic acids is 2. The third-order valence-corrected chi connectivity index (χ3v) is 4.42. The average Bonchev–Trinajstić information content (AvgIpc) is 2.55. The fraction of sp³-hybridized carbons (Fsp3) is 0.737. The molecule has 0 saturated carbocycles. The number of ether oxygens (including phenoxy) is 2. The molecular formula is C19H34O6. The zero-order chi connectivity index (χ0) is 20.5. The summed E-state index contributed by atoms with van der Waals surface area (Å²) in [6.07, 6.45) is 0.710. The molecule has 0 radical (unpaired) electrons. The Hall–Kier alpha value is -1.85. The highest BCUT2D eigenvalue weighted by Gasteiger charge is 2.49. The van der Waals surface area contributed by atoms with Crippen molar-refractivity contribution in [2.45, 2.75) is 60.8 Å². The Morgan fingerprint density at radius 3 is 1.72 bits per heavy atom. The molecule has 0 rings (SSSR count). The van der Waals surface area contributed by atoms with Crippen LogP contribution in [-0.2, 0) is 23.9 Å². The van der Waals surface area contributed by atoms with Gasteiger partial charge in [-0.25, -0.2) is 0 Å². The third-order valence-electron chi connectivity index (χ3n) is 4.42. The lowest BCUT2D eigenvalue weighted by Crippen LogP contribution is -2.43. The maximum absolute atomic E-state index is 12.3. The standard InChI is InChI=1S/C17H30O6.C2H4/c1-8-16(5,14(21)23-9-2)11-17(6,13(20)22-7)10-15(3,4)12(18)19;1-2/h8-11H2,1-7H3,(H,18,19);1-2H2. The van der Waals surface area contributed by atoms with Gasteiger partial charge in [0.1, 0.15) is 0 Å². The number of carboxylic acids is 1. The van der Waals surface area contributed by atoms with Crippen molar-refractivity contribution >= 4 is 17.9 Å². The monoisotopic (exact) mass is 358 g/mol. The average molecular weight is 358 g/mol. The molecule has 0 aliphatic carbocycles. The second-order valence-electron chi connectivity index (χ2n) is 7.23. The van der Waals surface area contributed by atoms with Gasteiger partial charge in [0.05, 0.1) is 30.0 Å². The van der Waals surface area contributed by atoms with E-state index in [-0.39, 0.29) is 25.4 Å². The van der Waals surface area contributed by atoms with Gasteiger partial charge in [0.15, 0.2) is 0 Å². The maximum atomic E-state index is 12.3. The fourth-order valence-electron chi connectivity index (χ4n) is 3.01. The summed E-state index contributed by atoms with van der Waals surface area (Å²) >= 11 is 0. The number of esters is 2. The first-order valence-corrected chi connectivity index (χ1v) is 8.37. The molecule has 0 aromatic carbocycles. The first-order valence-electron chi connectivity index (χ1n) is 8.37. The van der Waals surface area contributed by atoms with E-state index in [0.717, 1.165) is 0 Å². The first kappa shape index (κ1) is 25.4. The Kier molecular flexibility index (Phi) is 10.4. The van der Waals surface area contributed by atoms with Crippen LogP contribution in [0.15, 0.2) is 13.2 Å². The van der Waals surface area contributed by atoms with Gasteiger partial charge in [-0.2, -0.15) is 0 Å². The molecule has 0 aromatic heterocycles. The van der Waals surface area contributed by atoms with Crippen molar-refractivity contribution in [2.75, 3.05) is 13.7 Å². The molecule has 1 N–H and O–H groups in total. The second-order valence-corrected chi connectivity index (χ2v) is 7.23. The van der Waals surface area contributed by atoms with Gasteiger partial charge in [-0.05, 0) is 53.9 Å². The SMILES string of the molecule is C=C.CCOC(=O)C(C)(CC)CC(C)(CC(C)(C)C(=O)O)C(=O)OC. The Bertz CT molecular complexity index is 471. The largest absolute Gasteiger partial charge is 0.481 e. The van der Waals surface area contributed by atoms with Crippen molar-refractivity contribution in [2.24, 2.45) is 16.2 Å². The smallest absolute Gasteiger partial charge is 0.311 e. The first-order chi connectivity index (χ1) is 11.4. The summed E-state index contributed by atoms with van der Waals surface area (Å²) in [6.45, 7) is 16.3. The number of hydrogen-bond donors (Lipinski definition) is 1. The van der Waals surface area contributed by atoms with E-state index < -0.39 is 28.2 Å². The summed E-state index contributed by atoms with van der Waals surface area (Å²) in [5.41, 5.74) is -3.10. The van der Waals surface area contributed by atoms with Gasteiger partial charge in [0.25, 0.3) is 0 Å². The lowest BCUT2D eigenvalue weighted by atomic mass is 9.65. The summed E-state index contributed by atoms with van der Waals surface area (Å²) in [6, 6.07) is 0. The van der Waals surface area contributed by atoms with E-state index in [1.54, 1.807) is 34.6 Å². The van der Waals surface area contributed by atoms with Crippen LogP contribution >= 0.6 is 0 Å². The molecule has 0 aliphatic heterocycles. The summed E-state index contributed by atoms with van der Waals surface area (Å²) in [7, 11) is 1.27. The van der Waals surface area contributed by atoms with Crippen LogP contribution in [-0.4, -0.2) is 36.7 Å². The number of rotatable bonds is 9. The maximum Gasteiger partial charge on any atom is 0.311 e. The van der Waals surface area contributed by atoms with Crippen molar-refractivity contribution in [3.63, 3.8) is 0 Å². The Morgan fingerprint density at radius 2 is 1.40 bits per heavy atom. The molecule has 0 aromatic rings. The van der Waals surface area contributed by atoms with Crippen LogP contribution in [0.5, 0.6) is 0 Å². The molecular weight excluding hydrogens is 324 g/mol. The minimum absolute atomic E-state index is 0.0665. The van der Waals surface area contributed by atoms with E-state index in [2.05, 4.69) is 13.2 Å². The van der Waals surface area contributed by atoms with E-state index in [0.29, 0.717) is 6.42 Å². The van der Waals surface area contributed by atoms with Gasteiger partial charge in [-0.15, -0.1) is 13.2 Å². The minimum atomic E-state index is -1.12. The summed E-state index contributed by atoms with van der Waals surface area (Å²) < 4.78 is 10.0. The molecule has 0 amide bonds. The Balaban J connectivity index is 0. The number of carbonyl (C=O) groups is 3. The lowest BCUT2D eigenvalue weighted by molar-refractivity contribution is -0.165. The van der Waals surface area contributed by atoms with E-state index in [1.807, 2.05) is 6.92 Å². The van der Waals surface area contributed by atoms with E-state index in [4.69, 9.17) is 9.47 Å². The number of methoxy groups -OCH3 is 1. The minimum Gasteiger partial charge on any atom is -0.481 e. The van der Waals surface area contributed by atoms with Crippen LogP contribution in [0.4, 0.5) is 0 Å². The molecule has 0 spiro atoms. The highest BCUT2D eigenvalue weighted by atomic mass is 16.5. The van der Waals surface area contributed by atoms with Crippen LogP contribution in [0, 0.1) is 16.2 Å². The number of hydrogen-bond acceptors (Lipinski definition) is 5. The Labute approximate surface area is 151 Å². The molecule has 2 atom stereocenters. The Morgan fingerprint density at radius 1 is 0.920 bits per heavy atom. The molecule has 2 unspecified atom stereocenters. The fourth-order valence-corrected chi connectivity index (χ4v) is 3.01. The van der Waals surface area contributed by atoms with Crippen molar-refractivity contribution in [3.8, 4) is 0 Å². The van der Waals surface area contributed by atoms with Gasteiger partial charge in [-0.3, -0.25) is 14.4 Å². The molecule has 0 bridgehead atoms. The van der Waals surface area contributed by atoms with Crippen LogP contribution in [0.3, 0.4) is 0 Å². The van der Waals surface area contributed by atoms with E-state index in [9.17, 15) is 19.5 Å². The summed E-state index contributed by atoms with van der Waals surface area (Å²) in [5.74, 6) is -1.90. The van der Waals surface area contributed by atoms with Gasteiger partial charge in [0, 0.05) is 0 Å². The quantitative estimate of drug-likeness (QED) is 0.497. The van der Waals surface area contributed by atoms with Gasteiger partial charge in [-0.1, -0.05) is 6.92 Å². The normalized spacial score (nSPS) is 15.6. The van der Waals surface area contributed by atoms with E-state index in [1.165, 1.54) is 7.11 Å². The van der Waals surface area contributed by atoms with Crippen molar-refractivity contribution < 1.29 is 29.0 Å². The van der Waals surface area contributed by atoms with Gasteiger partial charge in [0.2, 0.25) is 0 Å². The van der Waals surface area contributed by atoms with Crippen LogP contribution in [0.2, 0.25) is 0 Å². The third kappa shape index (κ3) is 6.88. The van der Waals surface area contributed by atoms with Crippen LogP contribution in [0.25, 0.3) is 0 Å². The van der Waals surface area contributed by atoms with Crippen LogP contribution < -0.4 is 0 Å². The van der Waals surface area contributed by atoms with Crippen LogP contribution in [0.1, 0.15) is 60.8 Å². The molecule has 146 valence electrons. The number of carboxylic acid groups (broad SMARTS) is 1. The highest BCUT2D eigenvalue weighted by Crippen LogP contribution is 2.45. The molecule has 0 fully saturated rings. The summed E-state index contributed by atoms with van der Waals surface area (Å²) in [5, 5.41) is 9.36. The molecule has 0 saturated heterocycles. The number of aliphatic carboxylic acids is 1. The van der Waals surface area contributed by atoms with Crippen molar-refractivity contribution in [1.29, 1.82) is 0 Å². The van der Waals surface area contributed by atoms with Gasteiger partial charge >= 0.3 is 17.9 Å². The van der Waals surface area contributed by atoms with Crippen molar-refractivity contribution in [3.05, 3.63) is 13.2 Å². The van der Waals surface area contributed by atoms with Crippen molar-refractivity contribution in [1.82, 2.24) is 0 Å². The van der Waals surface area contributed by atoms with E-state index >= 15 is 0 Å². The molecule has 0 heterocycles. The molecule has 25 heavy (non-hydrogen) atoms. The lowest BCUT2D eigenvalue weighted by Gasteiger charge is -2.38. The molecule has 6 nitrogen and oxygen atoms in total.